The largest absolute Gasteiger partial charge is 0.492 e. The zero-order valence-corrected chi connectivity index (χ0v) is 9.20. The third kappa shape index (κ3) is 2.20. The summed E-state index contributed by atoms with van der Waals surface area (Å²) in [6.07, 6.45) is 0. The minimum absolute atomic E-state index is 0.251. The molecule has 0 radical (unpaired) electrons. The van der Waals surface area contributed by atoms with Gasteiger partial charge >= 0.3 is 5.97 Å². The molecular formula is C11H11N3O4. The average Bonchev–Trinajstić information content (AvgIpc) is 2.70. The first-order valence-corrected chi connectivity index (χ1v) is 5.01. The van der Waals surface area contributed by atoms with Gasteiger partial charge in [-0.2, -0.15) is 0 Å². The molecule has 0 amide bonds. The molecule has 1 heterocycles. The standard InChI is InChI=1S/C11H11N3O4/c12-13-8-3-1-7(2-4-8)11(17)18-14-9(15)5-6-10(14)16/h1-6,13,15-16H,12H2. The zero-order chi connectivity index (χ0) is 13.1. The van der Waals surface area contributed by atoms with Crippen molar-refractivity contribution in [1.82, 2.24) is 4.73 Å². The van der Waals surface area contributed by atoms with Crippen LogP contribution in [0.5, 0.6) is 11.8 Å². The van der Waals surface area contributed by atoms with Gasteiger partial charge in [0, 0.05) is 17.8 Å². The molecule has 18 heavy (non-hydrogen) atoms. The second-order valence-electron chi connectivity index (χ2n) is 3.44. The van der Waals surface area contributed by atoms with Gasteiger partial charge < -0.3 is 20.5 Å². The fourth-order valence-electron chi connectivity index (χ4n) is 1.33. The van der Waals surface area contributed by atoms with Crippen molar-refractivity contribution in [2.45, 2.75) is 0 Å². The molecule has 1 aromatic carbocycles. The Morgan fingerprint density at radius 1 is 1.11 bits per heavy atom. The number of rotatable bonds is 3. The molecule has 0 aliphatic heterocycles. The van der Waals surface area contributed by atoms with Crippen molar-refractivity contribution in [2.75, 3.05) is 5.43 Å². The van der Waals surface area contributed by atoms with Crippen LogP contribution in [0, 0.1) is 0 Å². The van der Waals surface area contributed by atoms with E-state index in [0.717, 1.165) is 0 Å². The molecule has 0 saturated heterocycles. The molecular weight excluding hydrogens is 238 g/mol. The number of aromatic nitrogens is 1. The van der Waals surface area contributed by atoms with Gasteiger partial charge in [-0.1, -0.05) is 0 Å². The van der Waals surface area contributed by atoms with Crippen molar-refractivity contribution >= 4 is 11.7 Å². The molecule has 5 N–H and O–H groups in total. The molecule has 2 rings (SSSR count). The van der Waals surface area contributed by atoms with E-state index in [2.05, 4.69) is 5.43 Å². The smallest absolute Gasteiger partial charge is 0.363 e. The third-order valence-corrected chi connectivity index (χ3v) is 2.26. The van der Waals surface area contributed by atoms with E-state index in [4.69, 9.17) is 10.7 Å². The van der Waals surface area contributed by atoms with Crippen LogP contribution in [0.4, 0.5) is 5.69 Å². The Morgan fingerprint density at radius 3 is 2.17 bits per heavy atom. The minimum Gasteiger partial charge on any atom is -0.492 e. The number of anilines is 1. The molecule has 0 fully saturated rings. The maximum atomic E-state index is 11.7. The SMILES string of the molecule is NNc1ccc(C(=O)On2c(O)ccc2O)cc1. The fourth-order valence-corrected chi connectivity index (χ4v) is 1.33. The number of hydrazine groups is 1. The van der Waals surface area contributed by atoms with Crippen molar-refractivity contribution in [1.29, 1.82) is 0 Å². The van der Waals surface area contributed by atoms with Crippen molar-refractivity contribution < 1.29 is 19.8 Å². The Hall–Kier alpha value is -2.67. The van der Waals surface area contributed by atoms with Gasteiger partial charge in [0.15, 0.2) is 0 Å². The lowest BCUT2D eigenvalue weighted by Gasteiger charge is -2.07. The van der Waals surface area contributed by atoms with Crippen LogP contribution < -0.4 is 16.1 Å². The lowest BCUT2D eigenvalue weighted by atomic mass is 10.2. The first kappa shape index (κ1) is 11.8. The molecule has 0 aliphatic rings. The highest BCUT2D eigenvalue weighted by molar-refractivity contribution is 5.90. The van der Waals surface area contributed by atoms with Crippen molar-refractivity contribution in [2.24, 2.45) is 5.84 Å². The molecule has 2 aromatic rings. The number of nitrogen functional groups attached to an aromatic ring is 1. The van der Waals surface area contributed by atoms with Crippen LogP contribution in [-0.2, 0) is 0 Å². The van der Waals surface area contributed by atoms with E-state index in [1.54, 1.807) is 12.1 Å². The van der Waals surface area contributed by atoms with Gasteiger partial charge in [-0.05, 0) is 24.3 Å². The number of hydrogen-bond donors (Lipinski definition) is 4. The maximum Gasteiger partial charge on any atom is 0.363 e. The maximum absolute atomic E-state index is 11.7. The quantitative estimate of drug-likeness (QED) is 0.464. The van der Waals surface area contributed by atoms with Gasteiger partial charge in [-0.25, -0.2) is 4.79 Å². The van der Waals surface area contributed by atoms with Gasteiger partial charge in [-0.15, -0.1) is 4.73 Å². The Balaban J connectivity index is 2.17. The van der Waals surface area contributed by atoms with E-state index in [-0.39, 0.29) is 17.3 Å². The number of nitrogens with one attached hydrogen (secondary N) is 1. The van der Waals surface area contributed by atoms with Crippen molar-refractivity contribution in [3.05, 3.63) is 42.0 Å². The number of aromatic hydroxyl groups is 2. The number of carbonyl (C=O) groups is 1. The van der Waals surface area contributed by atoms with Crippen LogP contribution in [0.1, 0.15) is 10.4 Å². The van der Waals surface area contributed by atoms with Gasteiger partial charge in [0.2, 0.25) is 11.8 Å². The minimum atomic E-state index is -0.722. The van der Waals surface area contributed by atoms with Crippen LogP contribution in [0.25, 0.3) is 0 Å². The lowest BCUT2D eigenvalue weighted by molar-refractivity contribution is 0.0382. The summed E-state index contributed by atoms with van der Waals surface area (Å²) in [5.74, 6) is 3.72. The summed E-state index contributed by atoms with van der Waals surface area (Å²) in [6, 6.07) is 8.57. The molecule has 0 spiro atoms. The number of nitrogens with zero attached hydrogens (tertiary/aromatic N) is 1. The Kier molecular flexibility index (Phi) is 3.07. The van der Waals surface area contributed by atoms with E-state index in [9.17, 15) is 15.0 Å². The van der Waals surface area contributed by atoms with Gasteiger partial charge in [0.1, 0.15) is 0 Å². The molecule has 7 heteroatoms. The highest BCUT2D eigenvalue weighted by Crippen LogP contribution is 2.19. The van der Waals surface area contributed by atoms with Crippen LogP contribution in [0.2, 0.25) is 0 Å². The molecule has 0 atom stereocenters. The van der Waals surface area contributed by atoms with E-state index in [1.165, 1.54) is 24.3 Å². The summed E-state index contributed by atoms with van der Waals surface area (Å²) in [7, 11) is 0. The predicted octanol–water partition coefficient (Wildman–Crippen LogP) is 0.454. The molecule has 7 nitrogen and oxygen atoms in total. The number of hydrogen-bond acceptors (Lipinski definition) is 6. The summed E-state index contributed by atoms with van der Waals surface area (Å²) in [6.45, 7) is 0. The second kappa shape index (κ2) is 4.68. The first-order valence-electron chi connectivity index (χ1n) is 5.01. The molecule has 0 bridgehead atoms. The monoisotopic (exact) mass is 249 g/mol. The highest BCUT2D eigenvalue weighted by Gasteiger charge is 2.13. The first-order chi connectivity index (χ1) is 8.61. The topological polar surface area (TPSA) is 110 Å². The second-order valence-corrected chi connectivity index (χ2v) is 3.44. The third-order valence-electron chi connectivity index (χ3n) is 2.26. The summed E-state index contributed by atoms with van der Waals surface area (Å²) in [5, 5.41) is 18.6. The number of carbonyl (C=O) groups excluding carboxylic acids is 1. The van der Waals surface area contributed by atoms with E-state index >= 15 is 0 Å². The average molecular weight is 249 g/mol. The van der Waals surface area contributed by atoms with E-state index < -0.39 is 5.97 Å². The summed E-state index contributed by atoms with van der Waals surface area (Å²) >= 11 is 0. The van der Waals surface area contributed by atoms with Gasteiger partial charge in [0.25, 0.3) is 0 Å². The molecule has 1 aromatic heterocycles. The summed E-state index contributed by atoms with van der Waals surface area (Å²) in [4.78, 5) is 16.5. The molecule has 0 saturated carbocycles. The van der Waals surface area contributed by atoms with E-state index in [1.807, 2.05) is 0 Å². The number of benzene rings is 1. The molecule has 94 valence electrons. The Morgan fingerprint density at radius 2 is 1.67 bits per heavy atom. The highest BCUT2D eigenvalue weighted by atomic mass is 16.7. The normalized spacial score (nSPS) is 10.1. The summed E-state index contributed by atoms with van der Waals surface area (Å²) in [5.41, 5.74) is 3.31. The van der Waals surface area contributed by atoms with Crippen LogP contribution in [-0.4, -0.2) is 20.9 Å². The van der Waals surface area contributed by atoms with Gasteiger partial charge in [-0.3, -0.25) is 5.84 Å². The van der Waals surface area contributed by atoms with Crippen molar-refractivity contribution in [3.8, 4) is 11.8 Å². The zero-order valence-electron chi connectivity index (χ0n) is 9.20. The van der Waals surface area contributed by atoms with Gasteiger partial charge in [0.05, 0.1) is 5.56 Å². The van der Waals surface area contributed by atoms with Crippen molar-refractivity contribution in [3.63, 3.8) is 0 Å². The lowest BCUT2D eigenvalue weighted by Crippen LogP contribution is -2.19. The molecule has 0 aliphatic carbocycles. The molecule has 0 unspecified atom stereocenters. The number of nitrogens with two attached hydrogens (primary N) is 1. The van der Waals surface area contributed by atoms with E-state index in [0.29, 0.717) is 10.4 Å². The Labute approximate surface area is 102 Å². The Bertz CT molecular complexity index is 543. The predicted molar refractivity (Wildman–Crippen MR) is 62.9 cm³/mol. The summed E-state index contributed by atoms with van der Waals surface area (Å²) < 4.78 is 0.622. The van der Waals surface area contributed by atoms with Crippen LogP contribution in [0.3, 0.4) is 0 Å². The van der Waals surface area contributed by atoms with Crippen LogP contribution in [0.15, 0.2) is 36.4 Å². The fraction of sp³-hybridized carbons (Fsp3) is 0. The van der Waals surface area contributed by atoms with Crippen LogP contribution >= 0.6 is 0 Å².